The van der Waals surface area contributed by atoms with E-state index >= 15 is 0 Å². The Morgan fingerprint density at radius 3 is 2.26 bits per heavy atom. The van der Waals surface area contributed by atoms with Crippen LogP contribution in [0.1, 0.15) is 42.3 Å². The Hall–Kier alpha value is -1.77. The third-order valence-corrected chi connectivity index (χ3v) is 3.62. The van der Waals surface area contributed by atoms with Crippen molar-refractivity contribution in [1.82, 2.24) is 9.78 Å². The molecule has 19 heavy (non-hydrogen) atoms. The maximum Gasteiger partial charge on any atom is 0.0827 e. The normalized spacial score (nSPS) is 11.1. The van der Waals surface area contributed by atoms with Crippen LogP contribution in [-0.4, -0.2) is 9.78 Å². The van der Waals surface area contributed by atoms with Crippen molar-refractivity contribution in [3.63, 3.8) is 0 Å². The second-order valence-electron chi connectivity index (χ2n) is 5.42. The van der Waals surface area contributed by atoms with E-state index < -0.39 is 0 Å². The molecule has 0 aliphatic heterocycles. The molecule has 1 N–H and O–H groups in total. The molecule has 0 saturated heterocycles. The Morgan fingerprint density at radius 1 is 1.16 bits per heavy atom. The molecule has 2 rings (SSSR count). The summed E-state index contributed by atoms with van der Waals surface area (Å²) in [5.74, 6) is 0.588. The van der Waals surface area contributed by atoms with Crippen LogP contribution in [0.2, 0.25) is 0 Å². The number of hydrogen-bond donors (Lipinski definition) is 1. The lowest BCUT2D eigenvalue weighted by Gasteiger charge is -2.09. The van der Waals surface area contributed by atoms with Gasteiger partial charge in [-0.05, 0) is 30.9 Å². The molecular weight excluding hydrogens is 234 g/mol. The summed E-state index contributed by atoms with van der Waals surface area (Å²) < 4.78 is 1.92. The standard InChI is InChI=1S/C16H23N3/c1-11(2)15-8-6-14(7-9-15)10-17-16-12(3)18-19(5)13(16)4/h6-9,11,17H,10H2,1-5H3. The van der Waals surface area contributed by atoms with Crippen molar-refractivity contribution in [2.24, 2.45) is 7.05 Å². The average Bonchev–Trinajstić information content (AvgIpc) is 2.62. The number of anilines is 1. The minimum Gasteiger partial charge on any atom is -0.378 e. The van der Waals surface area contributed by atoms with Crippen molar-refractivity contribution >= 4 is 5.69 Å². The first-order chi connectivity index (χ1) is 8.99. The van der Waals surface area contributed by atoms with Gasteiger partial charge in [-0.15, -0.1) is 0 Å². The van der Waals surface area contributed by atoms with Crippen molar-refractivity contribution in [2.45, 2.75) is 40.2 Å². The summed E-state index contributed by atoms with van der Waals surface area (Å²) in [6, 6.07) is 8.82. The minimum absolute atomic E-state index is 0.588. The first-order valence-electron chi connectivity index (χ1n) is 6.82. The fourth-order valence-corrected chi connectivity index (χ4v) is 2.24. The Labute approximate surface area is 115 Å². The molecule has 0 aliphatic carbocycles. The van der Waals surface area contributed by atoms with Crippen LogP contribution in [0.25, 0.3) is 0 Å². The molecule has 3 heteroatoms. The summed E-state index contributed by atoms with van der Waals surface area (Å²) in [5, 5.41) is 7.90. The third-order valence-electron chi connectivity index (χ3n) is 3.62. The lowest BCUT2D eigenvalue weighted by atomic mass is 10.0. The monoisotopic (exact) mass is 257 g/mol. The smallest absolute Gasteiger partial charge is 0.0827 e. The van der Waals surface area contributed by atoms with E-state index in [-0.39, 0.29) is 0 Å². The van der Waals surface area contributed by atoms with E-state index in [2.05, 4.69) is 55.5 Å². The molecule has 0 spiro atoms. The highest BCUT2D eigenvalue weighted by molar-refractivity contribution is 5.52. The molecule has 2 aromatic rings. The van der Waals surface area contributed by atoms with E-state index in [1.54, 1.807) is 0 Å². The Morgan fingerprint density at radius 2 is 1.79 bits per heavy atom. The van der Waals surface area contributed by atoms with E-state index in [1.165, 1.54) is 16.8 Å². The van der Waals surface area contributed by atoms with Crippen LogP contribution in [-0.2, 0) is 13.6 Å². The van der Waals surface area contributed by atoms with E-state index in [4.69, 9.17) is 0 Å². The molecule has 1 heterocycles. The van der Waals surface area contributed by atoms with Gasteiger partial charge in [-0.25, -0.2) is 0 Å². The maximum absolute atomic E-state index is 4.41. The summed E-state index contributed by atoms with van der Waals surface area (Å²) in [6.45, 7) is 9.40. The molecule has 0 fully saturated rings. The van der Waals surface area contributed by atoms with Crippen LogP contribution < -0.4 is 5.32 Å². The molecule has 0 unspecified atom stereocenters. The predicted octanol–water partition coefficient (Wildman–Crippen LogP) is 3.77. The van der Waals surface area contributed by atoms with Crippen LogP contribution in [0.4, 0.5) is 5.69 Å². The van der Waals surface area contributed by atoms with E-state index in [9.17, 15) is 0 Å². The largest absolute Gasteiger partial charge is 0.378 e. The SMILES string of the molecule is Cc1nn(C)c(C)c1NCc1ccc(C(C)C)cc1. The summed E-state index contributed by atoms with van der Waals surface area (Å²) >= 11 is 0. The minimum atomic E-state index is 0.588. The molecule has 0 aliphatic rings. The highest BCUT2D eigenvalue weighted by Gasteiger charge is 2.08. The van der Waals surface area contributed by atoms with Crippen LogP contribution in [0.5, 0.6) is 0 Å². The fraction of sp³-hybridized carbons (Fsp3) is 0.438. The molecule has 0 amide bonds. The van der Waals surface area contributed by atoms with Crippen molar-refractivity contribution in [2.75, 3.05) is 5.32 Å². The summed E-state index contributed by atoms with van der Waals surface area (Å²) in [7, 11) is 1.98. The second kappa shape index (κ2) is 5.47. The molecule has 0 saturated carbocycles. The van der Waals surface area contributed by atoms with Crippen LogP contribution in [0.15, 0.2) is 24.3 Å². The first-order valence-corrected chi connectivity index (χ1v) is 6.82. The van der Waals surface area contributed by atoms with Gasteiger partial charge in [-0.1, -0.05) is 38.1 Å². The van der Waals surface area contributed by atoms with Crippen molar-refractivity contribution in [3.8, 4) is 0 Å². The van der Waals surface area contributed by atoms with Crippen molar-refractivity contribution in [1.29, 1.82) is 0 Å². The predicted molar refractivity (Wildman–Crippen MR) is 80.5 cm³/mol. The zero-order chi connectivity index (χ0) is 14.0. The van der Waals surface area contributed by atoms with Crippen LogP contribution in [0, 0.1) is 13.8 Å². The third kappa shape index (κ3) is 2.98. The molecule has 0 bridgehead atoms. The number of aryl methyl sites for hydroxylation is 2. The number of benzene rings is 1. The van der Waals surface area contributed by atoms with Gasteiger partial charge in [0.05, 0.1) is 17.1 Å². The number of rotatable bonds is 4. The highest BCUT2D eigenvalue weighted by atomic mass is 15.3. The molecule has 0 atom stereocenters. The molecular formula is C16H23N3. The first kappa shape index (κ1) is 13.7. The number of nitrogens with one attached hydrogen (secondary N) is 1. The number of aromatic nitrogens is 2. The van der Waals surface area contributed by atoms with Gasteiger partial charge in [-0.3, -0.25) is 4.68 Å². The van der Waals surface area contributed by atoms with Gasteiger partial charge < -0.3 is 5.32 Å². The lowest BCUT2D eigenvalue weighted by Crippen LogP contribution is -2.02. The maximum atomic E-state index is 4.41. The van der Waals surface area contributed by atoms with Gasteiger partial charge >= 0.3 is 0 Å². The molecule has 3 nitrogen and oxygen atoms in total. The topological polar surface area (TPSA) is 29.9 Å². The summed E-state index contributed by atoms with van der Waals surface area (Å²) in [4.78, 5) is 0. The Kier molecular flexibility index (Phi) is 3.93. The van der Waals surface area contributed by atoms with Gasteiger partial charge in [0.15, 0.2) is 0 Å². The van der Waals surface area contributed by atoms with Gasteiger partial charge in [0.2, 0.25) is 0 Å². The summed E-state index contributed by atoms with van der Waals surface area (Å²) in [5.41, 5.74) is 6.06. The fourth-order valence-electron chi connectivity index (χ4n) is 2.24. The number of hydrogen-bond acceptors (Lipinski definition) is 2. The van der Waals surface area contributed by atoms with Crippen molar-refractivity contribution in [3.05, 3.63) is 46.8 Å². The van der Waals surface area contributed by atoms with Gasteiger partial charge in [-0.2, -0.15) is 5.10 Å². The Balaban J connectivity index is 2.06. The second-order valence-corrected chi connectivity index (χ2v) is 5.42. The quantitative estimate of drug-likeness (QED) is 0.903. The van der Waals surface area contributed by atoms with Gasteiger partial charge in [0.25, 0.3) is 0 Å². The zero-order valence-corrected chi connectivity index (χ0v) is 12.5. The van der Waals surface area contributed by atoms with E-state index in [0.29, 0.717) is 5.92 Å². The van der Waals surface area contributed by atoms with E-state index in [1.807, 2.05) is 18.7 Å². The van der Waals surface area contributed by atoms with E-state index in [0.717, 1.165) is 17.9 Å². The van der Waals surface area contributed by atoms with Gasteiger partial charge in [0.1, 0.15) is 0 Å². The van der Waals surface area contributed by atoms with Gasteiger partial charge in [0, 0.05) is 13.6 Å². The summed E-state index contributed by atoms with van der Waals surface area (Å²) in [6.07, 6.45) is 0. The number of nitrogens with zero attached hydrogens (tertiary/aromatic N) is 2. The zero-order valence-electron chi connectivity index (χ0n) is 12.5. The molecule has 1 aromatic heterocycles. The molecule has 0 radical (unpaired) electrons. The van der Waals surface area contributed by atoms with Crippen LogP contribution in [0.3, 0.4) is 0 Å². The molecule has 102 valence electrons. The Bertz CT molecular complexity index is 550. The van der Waals surface area contributed by atoms with Crippen molar-refractivity contribution < 1.29 is 0 Å². The van der Waals surface area contributed by atoms with Crippen LogP contribution >= 0.6 is 0 Å². The average molecular weight is 257 g/mol. The lowest BCUT2D eigenvalue weighted by molar-refractivity contribution is 0.731. The molecule has 1 aromatic carbocycles. The highest BCUT2D eigenvalue weighted by Crippen LogP contribution is 2.20.